The summed E-state index contributed by atoms with van der Waals surface area (Å²) in [7, 11) is -2.89. The second-order valence-corrected chi connectivity index (χ2v) is 10.1. The van der Waals surface area contributed by atoms with E-state index in [1.165, 1.54) is 24.4 Å². The third-order valence-corrected chi connectivity index (χ3v) is 7.26. The van der Waals surface area contributed by atoms with Gasteiger partial charge in [0.05, 0.1) is 17.2 Å². The molecule has 3 amide bonds. The van der Waals surface area contributed by atoms with Crippen LogP contribution in [0.3, 0.4) is 0 Å². The molecule has 1 fully saturated rings. The second-order valence-electron chi connectivity index (χ2n) is 7.10. The van der Waals surface area contributed by atoms with Gasteiger partial charge in [-0.3, -0.25) is 14.4 Å². The number of amides is 3. The van der Waals surface area contributed by atoms with Crippen molar-refractivity contribution >= 4 is 55.7 Å². The van der Waals surface area contributed by atoms with E-state index in [1.54, 1.807) is 0 Å². The molecular weight excluding hydrogens is 494 g/mol. The number of thiazole rings is 1. The van der Waals surface area contributed by atoms with E-state index < -0.39 is 55.9 Å². The SMILES string of the molecule is CO/N=C(\C(=O)N[C@H]1CN2CC(S(=O)(=O)CCNC(C)=O)=C(C(=O)O)N2C1=O)c1csc(N)n1. The number of carbonyl (C=O) groups is 4. The average Bonchev–Trinajstić information content (AvgIpc) is 3.41. The molecule has 17 heteroatoms. The molecule has 1 aromatic heterocycles. The van der Waals surface area contributed by atoms with E-state index >= 15 is 0 Å². The predicted molar refractivity (Wildman–Crippen MR) is 118 cm³/mol. The highest BCUT2D eigenvalue weighted by Crippen LogP contribution is 2.32. The molecule has 1 aromatic rings. The van der Waals surface area contributed by atoms with Crippen LogP contribution >= 0.6 is 11.3 Å². The van der Waals surface area contributed by atoms with Gasteiger partial charge in [-0.05, 0) is 0 Å². The van der Waals surface area contributed by atoms with Crippen molar-refractivity contribution in [1.29, 1.82) is 0 Å². The summed E-state index contributed by atoms with van der Waals surface area (Å²) in [6, 6.07) is -1.19. The maximum atomic E-state index is 12.9. The lowest BCUT2D eigenvalue weighted by molar-refractivity contribution is -0.143. The molecule has 15 nitrogen and oxygen atoms in total. The van der Waals surface area contributed by atoms with Crippen LogP contribution in [0.1, 0.15) is 12.6 Å². The molecule has 5 N–H and O–H groups in total. The zero-order chi connectivity index (χ0) is 25.2. The predicted octanol–water partition coefficient (Wildman–Crippen LogP) is -2.52. The van der Waals surface area contributed by atoms with Crippen molar-refractivity contribution in [2.24, 2.45) is 5.16 Å². The number of rotatable bonds is 9. The highest BCUT2D eigenvalue weighted by molar-refractivity contribution is 7.95. The Balaban J connectivity index is 1.81. The molecule has 184 valence electrons. The Morgan fingerprint density at radius 3 is 2.68 bits per heavy atom. The minimum absolute atomic E-state index is 0.117. The van der Waals surface area contributed by atoms with E-state index in [0.29, 0.717) is 0 Å². The van der Waals surface area contributed by atoms with Gasteiger partial charge in [-0.2, -0.15) is 0 Å². The molecule has 34 heavy (non-hydrogen) atoms. The lowest BCUT2D eigenvalue weighted by atomic mass is 10.2. The number of nitrogens with zero attached hydrogens (tertiary/aromatic N) is 4. The lowest BCUT2D eigenvalue weighted by Crippen LogP contribution is -2.46. The number of hydrogen-bond donors (Lipinski definition) is 4. The van der Waals surface area contributed by atoms with Crippen LogP contribution in [0.25, 0.3) is 0 Å². The Bertz CT molecular complexity index is 1210. The Hall–Kier alpha value is -3.57. The number of carboxylic acids is 1. The summed E-state index contributed by atoms with van der Waals surface area (Å²) >= 11 is 1.06. The van der Waals surface area contributed by atoms with E-state index in [-0.39, 0.29) is 36.2 Å². The molecule has 2 aliphatic heterocycles. The average molecular weight is 516 g/mol. The number of oxime groups is 1. The van der Waals surface area contributed by atoms with Crippen LogP contribution in [-0.4, -0.2) is 96.5 Å². The number of nitrogens with two attached hydrogens (primary N) is 1. The van der Waals surface area contributed by atoms with Crippen molar-refractivity contribution in [3.8, 4) is 0 Å². The van der Waals surface area contributed by atoms with Gasteiger partial charge in [-0.1, -0.05) is 5.16 Å². The van der Waals surface area contributed by atoms with Crippen molar-refractivity contribution in [3.05, 3.63) is 21.7 Å². The zero-order valence-electron chi connectivity index (χ0n) is 18.0. The van der Waals surface area contributed by atoms with Crippen LogP contribution in [0.4, 0.5) is 5.13 Å². The normalized spacial score (nSPS) is 18.8. The molecule has 0 saturated carbocycles. The van der Waals surface area contributed by atoms with Gasteiger partial charge >= 0.3 is 5.97 Å². The van der Waals surface area contributed by atoms with Gasteiger partial charge in [0.1, 0.15) is 18.8 Å². The Morgan fingerprint density at radius 2 is 2.12 bits per heavy atom. The Kier molecular flexibility index (Phi) is 7.18. The number of aromatic nitrogens is 1. The van der Waals surface area contributed by atoms with Gasteiger partial charge in [0.25, 0.3) is 11.8 Å². The Labute approximate surface area is 197 Å². The first-order valence-corrected chi connectivity index (χ1v) is 12.1. The van der Waals surface area contributed by atoms with E-state index in [4.69, 9.17) is 5.73 Å². The quantitative estimate of drug-likeness (QED) is 0.199. The summed E-state index contributed by atoms with van der Waals surface area (Å²) in [4.78, 5) is 56.7. The molecule has 2 aliphatic rings. The number of sulfone groups is 1. The molecule has 0 spiro atoms. The first-order valence-electron chi connectivity index (χ1n) is 9.62. The largest absolute Gasteiger partial charge is 0.476 e. The van der Waals surface area contributed by atoms with E-state index in [1.807, 2.05) is 0 Å². The van der Waals surface area contributed by atoms with Crippen molar-refractivity contribution in [2.75, 3.05) is 38.2 Å². The Morgan fingerprint density at radius 1 is 1.41 bits per heavy atom. The summed E-state index contributed by atoms with van der Waals surface area (Å²) in [5, 5.41) is 21.6. The number of carbonyl (C=O) groups excluding carboxylic acids is 3. The van der Waals surface area contributed by atoms with Crippen molar-refractivity contribution in [3.63, 3.8) is 0 Å². The van der Waals surface area contributed by atoms with Crippen LogP contribution < -0.4 is 16.4 Å². The fourth-order valence-electron chi connectivity index (χ4n) is 3.37. The number of nitrogen functional groups attached to an aromatic ring is 1. The number of aliphatic carboxylic acids is 1. The fourth-order valence-corrected chi connectivity index (χ4v) is 5.35. The van der Waals surface area contributed by atoms with Crippen LogP contribution in [0.15, 0.2) is 21.1 Å². The minimum atomic E-state index is -4.10. The molecule has 0 aromatic carbocycles. The summed E-state index contributed by atoms with van der Waals surface area (Å²) in [6.07, 6.45) is 0. The number of hydrazine groups is 1. The van der Waals surface area contributed by atoms with Crippen molar-refractivity contribution < 1.29 is 37.5 Å². The first-order chi connectivity index (χ1) is 16.0. The summed E-state index contributed by atoms with van der Waals surface area (Å²) in [5.74, 6) is -4.27. The van der Waals surface area contributed by atoms with Crippen LogP contribution in [-0.2, 0) is 33.9 Å². The number of hydrogen-bond acceptors (Lipinski definition) is 12. The maximum absolute atomic E-state index is 12.9. The molecule has 0 unspecified atom stereocenters. The molecule has 0 bridgehead atoms. The monoisotopic (exact) mass is 515 g/mol. The van der Waals surface area contributed by atoms with Gasteiger partial charge in [0, 0.05) is 25.4 Å². The zero-order valence-corrected chi connectivity index (χ0v) is 19.6. The van der Waals surface area contributed by atoms with Crippen molar-refractivity contribution in [1.82, 2.24) is 25.6 Å². The van der Waals surface area contributed by atoms with Crippen LogP contribution in [0.5, 0.6) is 0 Å². The van der Waals surface area contributed by atoms with Crippen LogP contribution in [0, 0.1) is 0 Å². The molecule has 0 radical (unpaired) electrons. The van der Waals surface area contributed by atoms with Crippen molar-refractivity contribution in [2.45, 2.75) is 13.0 Å². The number of carboxylic acid groups (broad SMARTS) is 1. The molecule has 1 atom stereocenters. The highest BCUT2D eigenvalue weighted by atomic mass is 32.2. The van der Waals surface area contributed by atoms with Gasteiger partial charge in [0.2, 0.25) is 5.91 Å². The topological polar surface area (TPSA) is 214 Å². The minimum Gasteiger partial charge on any atom is -0.476 e. The summed E-state index contributed by atoms with van der Waals surface area (Å²) in [5.41, 5.74) is 4.73. The van der Waals surface area contributed by atoms with Crippen LogP contribution in [0.2, 0.25) is 0 Å². The standard InChI is InChI=1S/C17H21N7O8S2/c1-8(25)19-3-4-34(30,31)11-6-23-5-9(15(27)24(23)13(11)16(28)29)20-14(26)12(22-32-2)10-7-33-17(18)21-10/h7,9H,3-6H2,1-2H3,(H2,18,21)(H,19,25)(H,20,26)(H,28,29)/b22-12-/t9-/m0/s1. The summed E-state index contributed by atoms with van der Waals surface area (Å²) in [6.45, 7) is 0.421. The number of nitrogens with one attached hydrogen (secondary N) is 2. The van der Waals surface area contributed by atoms with E-state index in [2.05, 4.69) is 25.6 Å². The number of anilines is 1. The molecular formula is C17H21N7O8S2. The third kappa shape index (κ3) is 5.00. The molecule has 3 heterocycles. The number of fused-ring (bicyclic) bond motifs is 1. The van der Waals surface area contributed by atoms with Gasteiger partial charge in [-0.15, -0.1) is 11.3 Å². The van der Waals surface area contributed by atoms with E-state index in [9.17, 15) is 32.7 Å². The summed E-state index contributed by atoms with van der Waals surface area (Å²) < 4.78 is 25.4. The molecule has 1 saturated heterocycles. The van der Waals surface area contributed by atoms with Gasteiger partial charge < -0.3 is 26.3 Å². The van der Waals surface area contributed by atoms with Gasteiger partial charge in [0.15, 0.2) is 26.4 Å². The maximum Gasteiger partial charge on any atom is 0.355 e. The van der Waals surface area contributed by atoms with E-state index in [0.717, 1.165) is 16.3 Å². The highest BCUT2D eigenvalue weighted by Gasteiger charge is 2.50. The van der Waals surface area contributed by atoms with Gasteiger partial charge in [-0.25, -0.2) is 28.2 Å². The molecule has 3 rings (SSSR count). The third-order valence-electron chi connectivity index (χ3n) is 4.78. The molecule has 0 aliphatic carbocycles. The second kappa shape index (κ2) is 9.74. The fraction of sp³-hybridized carbons (Fsp3) is 0.412. The first kappa shape index (κ1) is 25.1. The lowest BCUT2D eigenvalue weighted by Gasteiger charge is -2.18. The smallest absolute Gasteiger partial charge is 0.355 e.